The van der Waals surface area contributed by atoms with E-state index in [2.05, 4.69) is 13.8 Å². The van der Waals surface area contributed by atoms with Gasteiger partial charge in [-0.3, -0.25) is 0 Å². The Morgan fingerprint density at radius 1 is 0.538 bits per heavy atom. The van der Waals surface area contributed by atoms with E-state index < -0.39 is 5.97 Å². The average molecular weight is 376 g/mol. The largest absolute Gasteiger partial charge is 0.330 e. The minimum absolute atomic E-state index is 0.622. The SMILES string of the molecule is CCCCCCCCCC(OCC)(OCC)OCC.CCCCCCN. The first-order chi connectivity index (χ1) is 12.7. The first-order valence-electron chi connectivity index (χ1n) is 11.3. The van der Waals surface area contributed by atoms with Crippen molar-refractivity contribution < 1.29 is 14.2 Å². The number of hydrogen-bond donors (Lipinski definition) is 1. The van der Waals surface area contributed by atoms with Crippen molar-refractivity contribution in [1.82, 2.24) is 0 Å². The highest BCUT2D eigenvalue weighted by Crippen LogP contribution is 2.24. The number of rotatable bonds is 18. The van der Waals surface area contributed by atoms with Crippen LogP contribution in [0, 0.1) is 0 Å². The molecular formula is C22H49NO3. The molecule has 0 aliphatic heterocycles. The van der Waals surface area contributed by atoms with Crippen molar-refractivity contribution in [2.75, 3.05) is 26.4 Å². The van der Waals surface area contributed by atoms with E-state index in [1.807, 2.05) is 20.8 Å². The van der Waals surface area contributed by atoms with Crippen molar-refractivity contribution in [1.29, 1.82) is 0 Å². The monoisotopic (exact) mass is 375 g/mol. The average Bonchev–Trinajstić information content (AvgIpc) is 2.63. The molecule has 4 nitrogen and oxygen atoms in total. The van der Waals surface area contributed by atoms with Crippen molar-refractivity contribution >= 4 is 0 Å². The van der Waals surface area contributed by atoms with Crippen molar-refractivity contribution in [2.45, 2.75) is 118 Å². The van der Waals surface area contributed by atoms with Crippen LogP contribution in [-0.2, 0) is 14.2 Å². The minimum atomic E-state index is -0.804. The molecule has 0 aliphatic rings. The van der Waals surface area contributed by atoms with Gasteiger partial charge in [-0.1, -0.05) is 71.6 Å². The second-order valence-electron chi connectivity index (χ2n) is 6.70. The molecule has 0 aromatic carbocycles. The van der Waals surface area contributed by atoms with Gasteiger partial charge in [0.1, 0.15) is 0 Å². The molecule has 0 spiro atoms. The Morgan fingerprint density at radius 2 is 0.923 bits per heavy atom. The van der Waals surface area contributed by atoms with E-state index >= 15 is 0 Å². The van der Waals surface area contributed by atoms with Gasteiger partial charge < -0.3 is 19.9 Å². The van der Waals surface area contributed by atoms with Crippen molar-refractivity contribution in [2.24, 2.45) is 5.73 Å². The van der Waals surface area contributed by atoms with Crippen molar-refractivity contribution in [3.8, 4) is 0 Å². The molecule has 0 saturated carbocycles. The molecule has 26 heavy (non-hydrogen) atoms. The maximum Gasteiger partial charge on any atom is 0.282 e. The molecule has 0 radical (unpaired) electrons. The van der Waals surface area contributed by atoms with Gasteiger partial charge in [-0.2, -0.15) is 0 Å². The first kappa shape index (κ1) is 28.1. The fraction of sp³-hybridized carbons (Fsp3) is 1.00. The molecular weight excluding hydrogens is 326 g/mol. The minimum Gasteiger partial charge on any atom is -0.330 e. The van der Waals surface area contributed by atoms with Crippen LogP contribution in [-0.4, -0.2) is 32.3 Å². The summed E-state index contributed by atoms with van der Waals surface area (Å²) in [5.41, 5.74) is 5.27. The van der Waals surface area contributed by atoms with Crippen molar-refractivity contribution in [3.63, 3.8) is 0 Å². The molecule has 0 aromatic heterocycles. The fourth-order valence-corrected chi connectivity index (χ4v) is 2.87. The van der Waals surface area contributed by atoms with Gasteiger partial charge in [-0.25, -0.2) is 0 Å². The van der Waals surface area contributed by atoms with Crippen LogP contribution in [0.2, 0.25) is 0 Å². The molecule has 0 bridgehead atoms. The van der Waals surface area contributed by atoms with Gasteiger partial charge in [0.2, 0.25) is 0 Å². The van der Waals surface area contributed by atoms with Gasteiger partial charge in [0.15, 0.2) is 0 Å². The zero-order valence-corrected chi connectivity index (χ0v) is 18.6. The van der Waals surface area contributed by atoms with Gasteiger partial charge in [-0.05, 0) is 40.2 Å². The maximum absolute atomic E-state index is 5.71. The molecule has 0 aliphatic carbocycles. The second-order valence-corrected chi connectivity index (χ2v) is 6.70. The van der Waals surface area contributed by atoms with Gasteiger partial charge >= 0.3 is 0 Å². The highest BCUT2D eigenvalue weighted by atomic mass is 16.9. The van der Waals surface area contributed by atoms with Crippen LogP contribution in [0.25, 0.3) is 0 Å². The van der Waals surface area contributed by atoms with E-state index in [0.29, 0.717) is 19.8 Å². The van der Waals surface area contributed by atoms with Gasteiger partial charge in [0.05, 0.1) is 0 Å². The number of ether oxygens (including phenoxy) is 3. The fourth-order valence-electron chi connectivity index (χ4n) is 2.87. The van der Waals surface area contributed by atoms with Crippen LogP contribution in [0.1, 0.15) is 112 Å². The number of unbranched alkanes of at least 4 members (excludes halogenated alkanes) is 9. The lowest BCUT2D eigenvalue weighted by Gasteiger charge is -2.32. The molecule has 4 heteroatoms. The first-order valence-corrected chi connectivity index (χ1v) is 11.3. The Kier molecular flexibility index (Phi) is 24.7. The lowest BCUT2D eigenvalue weighted by molar-refractivity contribution is -0.380. The van der Waals surface area contributed by atoms with Gasteiger partial charge in [0, 0.05) is 26.2 Å². The van der Waals surface area contributed by atoms with E-state index in [-0.39, 0.29) is 0 Å². The van der Waals surface area contributed by atoms with E-state index in [1.54, 1.807) is 0 Å². The summed E-state index contributed by atoms with van der Waals surface area (Å²) < 4.78 is 17.1. The Labute approximate surface area is 164 Å². The Balaban J connectivity index is 0. The van der Waals surface area contributed by atoms with Crippen LogP contribution >= 0.6 is 0 Å². The summed E-state index contributed by atoms with van der Waals surface area (Å²) in [5.74, 6) is -0.804. The third kappa shape index (κ3) is 18.6. The van der Waals surface area contributed by atoms with Crippen LogP contribution in [0.3, 0.4) is 0 Å². The number of nitrogens with two attached hydrogens (primary N) is 1. The lowest BCUT2D eigenvalue weighted by Crippen LogP contribution is -2.39. The number of hydrogen-bond acceptors (Lipinski definition) is 4. The molecule has 0 atom stereocenters. The summed E-state index contributed by atoms with van der Waals surface area (Å²) in [4.78, 5) is 0. The third-order valence-electron chi connectivity index (χ3n) is 4.24. The Hall–Kier alpha value is -0.160. The topological polar surface area (TPSA) is 53.7 Å². The van der Waals surface area contributed by atoms with Crippen LogP contribution in [0.4, 0.5) is 0 Å². The smallest absolute Gasteiger partial charge is 0.282 e. The predicted molar refractivity (Wildman–Crippen MR) is 113 cm³/mol. The van der Waals surface area contributed by atoms with Gasteiger partial charge in [0.25, 0.3) is 5.97 Å². The van der Waals surface area contributed by atoms with E-state index in [0.717, 1.165) is 19.4 Å². The van der Waals surface area contributed by atoms with Crippen LogP contribution in [0.5, 0.6) is 0 Å². The normalized spacial score (nSPS) is 11.3. The summed E-state index contributed by atoms with van der Waals surface area (Å²) in [6.45, 7) is 13.1. The highest BCUT2D eigenvalue weighted by molar-refractivity contribution is 4.59. The standard InChI is InChI=1S/C16H34O3.C6H15N/c1-5-9-10-11-12-13-14-15-16(17-6-2,18-7-3)19-8-4;1-2-3-4-5-6-7/h5-15H2,1-4H3;2-7H2,1H3. The molecule has 0 saturated heterocycles. The summed E-state index contributed by atoms with van der Waals surface area (Å²) in [6, 6.07) is 0. The zero-order chi connectivity index (χ0) is 19.9. The molecule has 0 unspecified atom stereocenters. The molecule has 160 valence electrons. The summed E-state index contributed by atoms with van der Waals surface area (Å²) in [7, 11) is 0. The Bertz CT molecular complexity index is 229. The predicted octanol–water partition coefficient (Wildman–Crippen LogP) is 6.42. The van der Waals surface area contributed by atoms with Crippen LogP contribution in [0.15, 0.2) is 0 Å². The second kappa shape index (κ2) is 22.9. The summed E-state index contributed by atoms with van der Waals surface area (Å²) >= 11 is 0. The lowest BCUT2D eigenvalue weighted by atomic mass is 10.1. The molecule has 0 aromatic rings. The maximum atomic E-state index is 5.71. The quantitative estimate of drug-likeness (QED) is 0.222. The van der Waals surface area contributed by atoms with Crippen molar-refractivity contribution in [3.05, 3.63) is 0 Å². The highest BCUT2D eigenvalue weighted by Gasteiger charge is 2.31. The molecule has 2 N–H and O–H groups in total. The van der Waals surface area contributed by atoms with E-state index in [1.165, 1.54) is 64.2 Å². The molecule has 0 heterocycles. The van der Waals surface area contributed by atoms with Crippen LogP contribution < -0.4 is 5.73 Å². The molecule has 0 rings (SSSR count). The Morgan fingerprint density at radius 3 is 1.31 bits per heavy atom. The van der Waals surface area contributed by atoms with Gasteiger partial charge in [-0.15, -0.1) is 0 Å². The zero-order valence-electron chi connectivity index (χ0n) is 18.6. The third-order valence-corrected chi connectivity index (χ3v) is 4.24. The summed E-state index contributed by atoms with van der Waals surface area (Å²) in [5, 5.41) is 0. The van der Waals surface area contributed by atoms with E-state index in [4.69, 9.17) is 19.9 Å². The molecule has 0 amide bonds. The summed E-state index contributed by atoms with van der Waals surface area (Å²) in [6.07, 6.45) is 15.0. The van der Waals surface area contributed by atoms with E-state index in [9.17, 15) is 0 Å². The molecule has 0 fully saturated rings.